The molecule has 0 spiro atoms. The molecule has 0 amide bonds. The Morgan fingerprint density at radius 3 is 2.71 bits per heavy atom. The van der Waals surface area contributed by atoms with Gasteiger partial charge in [-0.15, -0.1) is 0 Å². The Labute approximate surface area is 104 Å². The van der Waals surface area contributed by atoms with Gasteiger partial charge in [0.25, 0.3) is 0 Å². The van der Waals surface area contributed by atoms with Crippen LogP contribution in [0.15, 0.2) is 6.20 Å². The summed E-state index contributed by atoms with van der Waals surface area (Å²) in [7, 11) is 2.00. The monoisotopic (exact) mass is 233 g/mol. The van der Waals surface area contributed by atoms with Gasteiger partial charge in [0.05, 0.1) is 5.69 Å². The minimum atomic E-state index is 0.430. The van der Waals surface area contributed by atoms with E-state index in [0.29, 0.717) is 11.5 Å². The summed E-state index contributed by atoms with van der Waals surface area (Å²) in [5.41, 5.74) is 3.19. The summed E-state index contributed by atoms with van der Waals surface area (Å²) in [4.78, 5) is 0. The molecule has 1 aromatic rings. The Morgan fingerprint density at radius 1 is 1.53 bits per heavy atom. The van der Waals surface area contributed by atoms with Crippen molar-refractivity contribution in [2.24, 2.45) is 18.4 Å². The molecule has 3 heteroatoms. The Kier molecular flexibility index (Phi) is 2.54. The van der Waals surface area contributed by atoms with Gasteiger partial charge in [-0.25, -0.2) is 0 Å². The number of hydrogen-bond acceptors (Lipinski definition) is 2. The lowest BCUT2D eigenvalue weighted by molar-refractivity contribution is 0.381. The van der Waals surface area contributed by atoms with Gasteiger partial charge in [0.2, 0.25) is 0 Å². The molecule has 2 fully saturated rings. The molecule has 17 heavy (non-hydrogen) atoms. The first kappa shape index (κ1) is 11.3. The molecule has 0 bridgehead atoms. The average Bonchev–Trinajstić information content (AvgIpc) is 3.13. The number of nitrogens with zero attached hydrogens (tertiary/aromatic N) is 2. The maximum absolute atomic E-state index is 4.42. The highest BCUT2D eigenvalue weighted by molar-refractivity contribution is 5.19. The lowest BCUT2D eigenvalue weighted by Crippen LogP contribution is -2.28. The largest absolute Gasteiger partial charge is 0.310 e. The number of hydrogen-bond donors (Lipinski definition) is 1. The van der Waals surface area contributed by atoms with Gasteiger partial charge < -0.3 is 5.32 Å². The van der Waals surface area contributed by atoms with Crippen LogP contribution in [0.4, 0.5) is 0 Å². The molecule has 0 saturated heterocycles. The molecule has 1 aromatic heterocycles. The van der Waals surface area contributed by atoms with Gasteiger partial charge in [0.1, 0.15) is 0 Å². The van der Waals surface area contributed by atoms with Gasteiger partial charge in [-0.1, -0.05) is 0 Å². The molecule has 1 atom stereocenters. The van der Waals surface area contributed by atoms with Crippen molar-refractivity contribution in [3.63, 3.8) is 0 Å². The summed E-state index contributed by atoms with van der Waals surface area (Å²) in [6, 6.07) is 0.430. The van der Waals surface area contributed by atoms with Crippen LogP contribution in [0.25, 0.3) is 0 Å². The van der Waals surface area contributed by atoms with Gasteiger partial charge in [0.15, 0.2) is 0 Å². The molecule has 0 radical (unpaired) electrons. The maximum atomic E-state index is 4.42. The molecular weight excluding hydrogens is 210 g/mol. The van der Waals surface area contributed by atoms with Crippen LogP contribution >= 0.6 is 0 Å². The SMILES string of the molecule is Cc1nn(C)cc1C(C)NCC1(C2CC2)CC1. The van der Waals surface area contributed by atoms with Gasteiger partial charge >= 0.3 is 0 Å². The number of aromatic nitrogens is 2. The summed E-state index contributed by atoms with van der Waals surface area (Å²) in [5.74, 6) is 1.04. The fourth-order valence-electron chi connectivity index (χ4n) is 3.09. The minimum Gasteiger partial charge on any atom is -0.310 e. The third-order valence-corrected chi connectivity index (χ3v) is 4.61. The van der Waals surface area contributed by atoms with E-state index in [-0.39, 0.29) is 0 Å². The zero-order chi connectivity index (χ0) is 12.0. The fraction of sp³-hybridized carbons (Fsp3) is 0.786. The van der Waals surface area contributed by atoms with Crippen molar-refractivity contribution in [1.82, 2.24) is 15.1 Å². The third kappa shape index (κ3) is 2.13. The molecule has 94 valence electrons. The number of rotatable bonds is 5. The standard InChI is InChI=1S/C14H23N3/c1-10(13-8-17(3)16-11(13)2)15-9-14(6-7-14)12-4-5-12/h8,10,12,15H,4-7,9H2,1-3H3. The van der Waals surface area contributed by atoms with Crippen LogP contribution in [-0.2, 0) is 7.05 Å². The predicted molar refractivity (Wildman–Crippen MR) is 68.8 cm³/mol. The summed E-state index contributed by atoms with van der Waals surface area (Å²) in [6.07, 6.45) is 7.99. The highest BCUT2D eigenvalue weighted by atomic mass is 15.3. The summed E-state index contributed by atoms with van der Waals surface area (Å²) in [6.45, 7) is 5.56. The van der Waals surface area contributed by atoms with Crippen molar-refractivity contribution in [3.8, 4) is 0 Å². The quantitative estimate of drug-likeness (QED) is 0.847. The Balaban J connectivity index is 1.60. The van der Waals surface area contributed by atoms with E-state index in [4.69, 9.17) is 0 Å². The molecule has 2 aliphatic carbocycles. The smallest absolute Gasteiger partial charge is 0.0641 e. The first-order valence-corrected chi connectivity index (χ1v) is 6.84. The number of nitrogens with one attached hydrogen (secondary N) is 1. The first-order chi connectivity index (χ1) is 8.11. The van der Waals surface area contributed by atoms with E-state index in [1.54, 1.807) is 0 Å². The highest BCUT2D eigenvalue weighted by Gasteiger charge is 2.53. The summed E-state index contributed by atoms with van der Waals surface area (Å²) in [5, 5.41) is 8.14. The highest BCUT2D eigenvalue weighted by Crippen LogP contribution is 2.60. The van der Waals surface area contributed by atoms with Crippen LogP contribution in [0.1, 0.15) is 49.9 Å². The summed E-state index contributed by atoms with van der Waals surface area (Å²) >= 11 is 0. The first-order valence-electron chi connectivity index (χ1n) is 6.84. The molecule has 1 N–H and O–H groups in total. The Bertz CT molecular complexity index is 413. The van der Waals surface area contributed by atoms with Gasteiger partial charge in [0, 0.05) is 31.4 Å². The van der Waals surface area contributed by atoms with E-state index in [1.807, 2.05) is 11.7 Å². The van der Waals surface area contributed by atoms with Crippen molar-refractivity contribution in [1.29, 1.82) is 0 Å². The molecule has 2 saturated carbocycles. The molecule has 1 heterocycles. The van der Waals surface area contributed by atoms with Crippen LogP contribution < -0.4 is 5.32 Å². The number of aryl methyl sites for hydroxylation is 2. The van der Waals surface area contributed by atoms with Crippen molar-refractivity contribution >= 4 is 0 Å². The molecule has 3 rings (SSSR count). The molecule has 0 aromatic carbocycles. The van der Waals surface area contributed by atoms with Crippen molar-refractivity contribution in [2.75, 3.05) is 6.54 Å². The lowest BCUT2D eigenvalue weighted by Gasteiger charge is -2.19. The van der Waals surface area contributed by atoms with Crippen molar-refractivity contribution in [2.45, 2.75) is 45.6 Å². The third-order valence-electron chi connectivity index (χ3n) is 4.61. The van der Waals surface area contributed by atoms with Gasteiger partial charge in [-0.05, 0) is 50.9 Å². The van der Waals surface area contributed by atoms with E-state index < -0.39 is 0 Å². The van der Waals surface area contributed by atoms with Crippen LogP contribution in [0.2, 0.25) is 0 Å². The maximum Gasteiger partial charge on any atom is 0.0641 e. The van der Waals surface area contributed by atoms with E-state index in [0.717, 1.165) is 11.6 Å². The molecule has 1 unspecified atom stereocenters. The van der Waals surface area contributed by atoms with Crippen LogP contribution in [0, 0.1) is 18.3 Å². The van der Waals surface area contributed by atoms with E-state index in [2.05, 4.69) is 30.5 Å². The lowest BCUT2D eigenvalue weighted by atomic mass is 9.99. The topological polar surface area (TPSA) is 29.9 Å². The minimum absolute atomic E-state index is 0.430. The van der Waals surface area contributed by atoms with Crippen LogP contribution in [0.3, 0.4) is 0 Å². The second-order valence-corrected chi connectivity index (χ2v) is 6.08. The van der Waals surface area contributed by atoms with Crippen LogP contribution in [-0.4, -0.2) is 16.3 Å². The zero-order valence-corrected chi connectivity index (χ0v) is 11.2. The second-order valence-electron chi connectivity index (χ2n) is 6.08. The van der Waals surface area contributed by atoms with Crippen LogP contribution in [0.5, 0.6) is 0 Å². The molecular formula is C14H23N3. The van der Waals surface area contributed by atoms with Crippen molar-refractivity contribution < 1.29 is 0 Å². The average molecular weight is 233 g/mol. The van der Waals surface area contributed by atoms with Gasteiger partial charge in [-0.2, -0.15) is 5.10 Å². The second kappa shape index (κ2) is 3.84. The molecule has 0 aliphatic heterocycles. The molecule has 2 aliphatic rings. The van der Waals surface area contributed by atoms with Crippen molar-refractivity contribution in [3.05, 3.63) is 17.5 Å². The van der Waals surface area contributed by atoms with E-state index >= 15 is 0 Å². The van der Waals surface area contributed by atoms with E-state index in [9.17, 15) is 0 Å². The summed E-state index contributed by atoms with van der Waals surface area (Å²) < 4.78 is 1.91. The van der Waals surface area contributed by atoms with E-state index in [1.165, 1.54) is 37.8 Å². The predicted octanol–water partition coefficient (Wildman–Crippen LogP) is 2.57. The Hall–Kier alpha value is -0.830. The molecule has 3 nitrogen and oxygen atoms in total. The fourth-order valence-corrected chi connectivity index (χ4v) is 3.09. The normalized spacial score (nSPS) is 23.7. The Morgan fingerprint density at radius 2 is 2.24 bits per heavy atom. The zero-order valence-electron chi connectivity index (χ0n) is 11.2. The van der Waals surface area contributed by atoms with Gasteiger partial charge in [-0.3, -0.25) is 4.68 Å².